The number of rotatable bonds is 6. The lowest BCUT2D eigenvalue weighted by Crippen LogP contribution is -2.28. The van der Waals surface area contributed by atoms with E-state index in [-0.39, 0.29) is 0 Å². The van der Waals surface area contributed by atoms with Crippen LogP contribution >= 0.6 is 0 Å². The SMILES string of the molecule is CC(C)Cc1ccc(NCCC2CCNCC2)cc1. The molecule has 1 aromatic rings. The number of hydrogen-bond acceptors (Lipinski definition) is 2. The van der Waals surface area contributed by atoms with Gasteiger partial charge in [-0.05, 0) is 68.3 Å². The van der Waals surface area contributed by atoms with Crippen molar-refractivity contribution in [3.05, 3.63) is 29.8 Å². The zero-order chi connectivity index (χ0) is 13.5. The first kappa shape index (κ1) is 14.4. The lowest BCUT2D eigenvalue weighted by molar-refractivity contribution is 0.361. The summed E-state index contributed by atoms with van der Waals surface area (Å²) in [5.74, 6) is 1.65. The predicted molar refractivity (Wildman–Crippen MR) is 83.7 cm³/mol. The van der Waals surface area contributed by atoms with Crippen LogP contribution in [-0.2, 0) is 6.42 Å². The summed E-state index contributed by atoms with van der Waals surface area (Å²) in [5.41, 5.74) is 2.71. The third-order valence-electron chi connectivity index (χ3n) is 3.94. The van der Waals surface area contributed by atoms with Gasteiger partial charge >= 0.3 is 0 Å². The van der Waals surface area contributed by atoms with Gasteiger partial charge in [0.1, 0.15) is 0 Å². The lowest BCUT2D eigenvalue weighted by atomic mass is 9.95. The van der Waals surface area contributed by atoms with Crippen LogP contribution in [0.25, 0.3) is 0 Å². The van der Waals surface area contributed by atoms with Gasteiger partial charge in [-0.1, -0.05) is 26.0 Å². The van der Waals surface area contributed by atoms with Gasteiger partial charge in [0.2, 0.25) is 0 Å². The summed E-state index contributed by atoms with van der Waals surface area (Å²) < 4.78 is 0. The molecule has 0 aliphatic carbocycles. The summed E-state index contributed by atoms with van der Waals surface area (Å²) in [7, 11) is 0. The fourth-order valence-corrected chi connectivity index (χ4v) is 2.82. The van der Waals surface area contributed by atoms with Gasteiger partial charge in [0.25, 0.3) is 0 Å². The molecule has 1 heterocycles. The largest absolute Gasteiger partial charge is 0.385 e. The van der Waals surface area contributed by atoms with Crippen molar-refractivity contribution < 1.29 is 0 Å². The quantitative estimate of drug-likeness (QED) is 0.815. The van der Waals surface area contributed by atoms with Crippen molar-refractivity contribution in [2.45, 2.75) is 39.5 Å². The molecule has 106 valence electrons. The van der Waals surface area contributed by atoms with Gasteiger partial charge in [0.15, 0.2) is 0 Å². The maximum absolute atomic E-state index is 3.55. The van der Waals surface area contributed by atoms with E-state index in [1.165, 1.54) is 50.0 Å². The predicted octanol–water partition coefficient (Wildman–Crippen LogP) is 3.69. The molecule has 2 rings (SSSR count). The number of hydrogen-bond donors (Lipinski definition) is 2. The smallest absolute Gasteiger partial charge is 0.0340 e. The molecule has 1 aromatic carbocycles. The fraction of sp³-hybridized carbons (Fsp3) is 0.647. The molecule has 0 amide bonds. The number of anilines is 1. The van der Waals surface area contributed by atoms with Crippen LogP contribution in [0.5, 0.6) is 0 Å². The standard InChI is InChI=1S/C17H28N2/c1-14(2)13-16-3-5-17(6-4-16)19-12-9-15-7-10-18-11-8-15/h3-6,14-15,18-19H,7-13H2,1-2H3. The second-order valence-electron chi connectivity index (χ2n) is 6.20. The van der Waals surface area contributed by atoms with Crippen molar-refractivity contribution >= 4 is 5.69 Å². The minimum atomic E-state index is 0.735. The molecule has 1 aliphatic rings. The second kappa shape index (κ2) is 7.54. The van der Waals surface area contributed by atoms with Crippen LogP contribution in [0.4, 0.5) is 5.69 Å². The number of piperidine rings is 1. The molecule has 0 aromatic heterocycles. The molecule has 2 nitrogen and oxygen atoms in total. The fourth-order valence-electron chi connectivity index (χ4n) is 2.82. The maximum atomic E-state index is 3.55. The number of nitrogens with one attached hydrogen (secondary N) is 2. The van der Waals surface area contributed by atoms with Crippen LogP contribution < -0.4 is 10.6 Å². The van der Waals surface area contributed by atoms with Crippen molar-refractivity contribution in [2.24, 2.45) is 11.8 Å². The number of benzene rings is 1. The molecule has 2 heteroatoms. The van der Waals surface area contributed by atoms with Crippen LogP contribution in [0, 0.1) is 11.8 Å². The van der Waals surface area contributed by atoms with E-state index in [2.05, 4.69) is 48.7 Å². The van der Waals surface area contributed by atoms with Crippen molar-refractivity contribution in [2.75, 3.05) is 25.0 Å². The average molecular weight is 260 g/mol. The van der Waals surface area contributed by atoms with E-state index in [4.69, 9.17) is 0 Å². The monoisotopic (exact) mass is 260 g/mol. The highest BCUT2D eigenvalue weighted by Crippen LogP contribution is 2.17. The van der Waals surface area contributed by atoms with Crippen molar-refractivity contribution in [3.63, 3.8) is 0 Å². The molecular weight excluding hydrogens is 232 g/mol. The highest BCUT2D eigenvalue weighted by atomic mass is 14.9. The molecule has 0 radical (unpaired) electrons. The first-order valence-electron chi connectivity index (χ1n) is 7.77. The van der Waals surface area contributed by atoms with Crippen molar-refractivity contribution in [1.29, 1.82) is 0 Å². The summed E-state index contributed by atoms with van der Waals surface area (Å²) in [6.45, 7) is 8.05. The Morgan fingerprint density at radius 2 is 1.84 bits per heavy atom. The first-order valence-corrected chi connectivity index (χ1v) is 7.77. The Bertz CT molecular complexity index is 350. The minimum absolute atomic E-state index is 0.735. The van der Waals surface area contributed by atoms with Crippen molar-refractivity contribution in [1.82, 2.24) is 5.32 Å². The van der Waals surface area contributed by atoms with Gasteiger partial charge < -0.3 is 10.6 Å². The minimum Gasteiger partial charge on any atom is -0.385 e. The van der Waals surface area contributed by atoms with E-state index >= 15 is 0 Å². The first-order chi connectivity index (χ1) is 9.24. The molecule has 0 saturated carbocycles. The van der Waals surface area contributed by atoms with Crippen LogP contribution in [0.1, 0.15) is 38.7 Å². The molecular formula is C17H28N2. The van der Waals surface area contributed by atoms with Gasteiger partial charge in [-0.15, -0.1) is 0 Å². The van der Waals surface area contributed by atoms with E-state index in [0.29, 0.717) is 0 Å². The van der Waals surface area contributed by atoms with Gasteiger partial charge in [-0.3, -0.25) is 0 Å². The van der Waals surface area contributed by atoms with Crippen molar-refractivity contribution in [3.8, 4) is 0 Å². The highest BCUT2D eigenvalue weighted by molar-refractivity contribution is 5.44. The Morgan fingerprint density at radius 3 is 2.47 bits per heavy atom. The lowest BCUT2D eigenvalue weighted by Gasteiger charge is -2.22. The molecule has 0 unspecified atom stereocenters. The van der Waals surface area contributed by atoms with Crippen LogP contribution in [0.2, 0.25) is 0 Å². The molecule has 1 fully saturated rings. The second-order valence-corrected chi connectivity index (χ2v) is 6.20. The summed E-state index contributed by atoms with van der Waals surface area (Å²) in [5, 5.41) is 6.98. The summed E-state index contributed by atoms with van der Waals surface area (Å²) in [6.07, 6.45) is 5.16. The van der Waals surface area contributed by atoms with E-state index in [0.717, 1.165) is 18.4 Å². The van der Waals surface area contributed by atoms with Gasteiger partial charge in [-0.2, -0.15) is 0 Å². The molecule has 0 atom stereocenters. The molecule has 1 saturated heterocycles. The van der Waals surface area contributed by atoms with E-state index < -0.39 is 0 Å². The maximum Gasteiger partial charge on any atom is 0.0340 e. The normalized spacial score (nSPS) is 16.8. The van der Waals surface area contributed by atoms with Crippen LogP contribution in [-0.4, -0.2) is 19.6 Å². The topological polar surface area (TPSA) is 24.1 Å². The van der Waals surface area contributed by atoms with E-state index in [9.17, 15) is 0 Å². The van der Waals surface area contributed by atoms with Crippen LogP contribution in [0.3, 0.4) is 0 Å². The Balaban J connectivity index is 1.70. The van der Waals surface area contributed by atoms with E-state index in [1.54, 1.807) is 0 Å². The Hall–Kier alpha value is -1.02. The summed E-state index contributed by atoms with van der Waals surface area (Å²) in [4.78, 5) is 0. The zero-order valence-electron chi connectivity index (χ0n) is 12.4. The zero-order valence-corrected chi connectivity index (χ0v) is 12.4. The Morgan fingerprint density at radius 1 is 1.16 bits per heavy atom. The Kier molecular flexibility index (Phi) is 5.71. The average Bonchev–Trinajstić information content (AvgIpc) is 2.41. The van der Waals surface area contributed by atoms with Crippen LogP contribution in [0.15, 0.2) is 24.3 Å². The Labute approximate surface area is 118 Å². The van der Waals surface area contributed by atoms with E-state index in [1.807, 2.05) is 0 Å². The molecule has 1 aliphatic heterocycles. The van der Waals surface area contributed by atoms with Gasteiger partial charge in [-0.25, -0.2) is 0 Å². The summed E-state index contributed by atoms with van der Waals surface area (Å²) >= 11 is 0. The highest BCUT2D eigenvalue weighted by Gasteiger charge is 2.11. The van der Waals surface area contributed by atoms with Gasteiger partial charge in [0.05, 0.1) is 0 Å². The molecule has 2 N–H and O–H groups in total. The van der Waals surface area contributed by atoms with Gasteiger partial charge in [0, 0.05) is 12.2 Å². The molecule has 0 bridgehead atoms. The third-order valence-corrected chi connectivity index (χ3v) is 3.94. The molecule has 0 spiro atoms. The summed E-state index contributed by atoms with van der Waals surface area (Å²) in [6, 6.07) is 8.96. The third kappa shape index (κ3) is 5.23. The molecule has 19 heavy (non-hydrogen) atoms.